The maximum absolute atomic E-state index is 11.6. The van der Waals surface area contributed by atoms with Crippen LogP contribution in [0.4, 0.5) is 4.79 Å². The number of carbonyl (C=O) groups is 2. The van der Waals surface area contributed by atoms with Crippen molar-refractivity contribution in [3.05, 3.63) is 59.8 Å². The van der Waals surface area contributed by atoms with Gasteiger partial charge in [-0.1, -0.05) is 24.3 Å². The van der Waals surface area contributed by atoms with Crippen molar-refractivity contribution in [1.29, 1.82) is 0 Å². The first kappa shape index (κ1) is 17.1. The number of rotatable bonds is 3. The molecular weight excluding hydrogens is 344 g/mol. The maximum atomic E-state index is 11.6. The summed E-state index contributed by atoms with van der Waals surface area (Å²) in [6.45, 7) is 1.13. The zero-order chi connectivity index (χ0) is 19.0. The molecule has 0 unspecified atom stereocenters. The minimum absolute atomic E-state index is 0.210. The van der Waals surface area contributed by atoms with Gasteiger partial charge in [-0.15, -0.1) is 0 Å². The van der Waals surface area contributed by atoms with Crippen LogP contribution in [0.3, 0.4) is 0 Å². The smallest absolute Gasteiger partial charge is 0.407 e. The summed E-state index contributed by atoms with van der Waals surface area (Å²) >= 11 is 0. The van der Waals surface area contributed by atoms with Gasteiger partial charge in [-0.3, -0.25) is 4.79 Å². The van der Waals surface area contributed by atoms with Crippen molar-refractivity contribution in [2.24, 2.45) is 5.73 Å². The van der Waals surface area contributed by atoms with Crippen molar-refractivity contribution in [2.45, 2.75) is 18.8 Å². The molecular formula is C20H20N4O3. The van der Waals surface area contributed by atoms with Crippen molar-refractivity contribution in [1.82, 2.24) is 14.7 Å². The van der Waals surface area contributed by atoms with Crippen LogP contribution < -0.4 is 5.73 Å². The highest BCUT2D eigenvalue weighted by molar-refractivity contribution is 6.04. The van der Waals surface area contributed by atoms with Gasteiger partial charge in [0.1, 0.15) is 5.52 Å². The highest BCUT2D eigenvalue weighted by Crippen LogP contribution is 2.28. The second-order valence-electron chi connectivity index (χ2n) is 6.84. The van der Waals surface area contributed by atoms with Crippen LogP contribution in [0.25, 0.3) is 16.6 Å². The molecule has 1 saturated heterocycles. The number of carboxylic acid groups (broad SMARTS) is 1. The average Bonchev–Trinajstić information content (AvgIpc) is 3.12. The molecule has 1 atom stereocenters. The van der Waals surface area contributed by atoms with Crippen LogP contribution in [0.15, 0.2) is 48.7 Å². The molecule has 0 bridgehead atoms. The Labute approximate surface area is 156 Å². The summed E-state index contributed by atoms with van der Waals surface area (Å²) in [6, 6.07) is 13.3. The van der Waals surface area contributed by atoms with Crippen molar-refractivity contribution in [2.75, 3.05) is 13.1 Å². The molecule has 27 heavy (non-hydrogen) atoms. The molecule has 0 saturated carbocycles. The first-order chi connectivity index (χ1) is 13.0. The molecule has 2 aromatic carbocycles. The topological polar surface area (TPSA) is 101 Å². The second kappa shape index (κ2) is 6.75. The fraction of sp³-hybridized carbons (Fsp3) is 0.250. The van der Waals surface area contributed by atoms with E-state index in [2.05, 4.69) is 5.10 Å². The number of likely N-dealkylation sites (tertiary alicyclic amines) is 1. The van der Waals surface area contributed by atoms with Gasteiger partial charge >= 0.3 is 6.09 Å². The zero-order valence-electron chi connectivity index (χ0n) is 14.7. The molecule has 7 heteroatoms. The Morgan fingerprint density at radius 1 is 1.15 bits per heavy atom. The number of carbonyl (C=O) groups excluding carboxylic acids is 1. The number of hydrogen-bond acceptors (Lipinski definition) is 3. The van der Waals surface area contributed by atoms with Gasteiger partial charge in [0.25, 0.3) is 5.91 Å². The van der Waals surface area contributed by atoms with E-state index in [1.807, 2.05) is 36.5 Å². The third-order valence-electron chi connectivity index (χ3n) is 5.12. The normalized spacial score (nSPS) is 17.2. The SMILES string of the molecule is NC(=O)c1cccc2cn(-c3ccc([C@@H]4CCCN(C(=O)O)C4)cc3)nc12. The van der Waals surface area contributed by atoms with Crippen molar-refractivity contribution >= 4 is 22.9 Å². The molecule has 138 valence electrons. The lowest BCUT2D eigenvalue weighted by molar-refractivity contribution is 0.100. The van der Waals surface area contributed by atoms with Gasteiger partial charge < -0.3 is 15.7 Å². The Hall–Kier alpha value is -3.35. The largest absolute Gasteiger partial charge is 0.465 e. The lowest BCUT2D eigenvalue weighted by atomic mass is 9.91. The van der Waals surface area contributed by atoms with Crippen LogP contribution in [-0.4, -0.2) is 44.9 Å². The standard InChI is InChI=1S/C20H20N4O3/c21-19(25)17-5-1-3-15-12-24(22-18(15)17)16-8-6-13(7-9-16)14-4-2-10-23(11-14)20(26)27/h1,3,5-9,12,14H,2,4,10-11H2,(H2,21,25)(H,26,27)/t14-/m1/s1. The molecule has 0 aliphatic carbocycles. The summed E-state index contributed by atoms with van der Waals surface area (Å²) < 4.78 is 1.73. The molecule has 1 aromatic heterocycles. The van der Waals surface area contributed by atoms with Crippen LogP contribution in [0, 0.1) is 0 Å². The number of fused-ring (bicyclic) bond motifs is 1. The number of piperidine rings is 1. The number of primary amides is 1. The fourth-order valence-electron chi connectivity index (χ4n) is 3.70. The first-order valence-electron chi connectivity index (χ1n) is 8.89. The second-order valence-corrected chi connectivity index (χ2v) is 6.84. The van der Waals surface area contributed by atoms with Gasteiger partial charge in [0.05, 0.1) is 11.3 Å². The maximum Gasteiger partial charge on any atom is 0.407 e. The van der Waals surface area contributed by atoms with Crippen LogP contribution in [-0.2, 0) is 0 Å². The van der Waals surface area contributed by atoms with E-state index in [0.29, 0.717) is 24.2 Å². The molecule has 4 rings (SSSR count). The van der Waals surface area contributed by atoms with Crippen LogP contribution >= 0.6 is 0 Å². The Morgan fingerprint density at radius 2 is 1.93 bits per heavy atom. The van der Waals surface area contributed by atoms with Crippen molar-refractivity contribution in [3.8, 4) is 5.69 Å². The van der Waals surface area contributed by atoms with E-state index in [9.17, 15) is 14.7 Å². The van der Waals surface area contributed by atoms with E-state index >= 15 is 0 Å². The molecule has 2 heterocycles. The molecule has 1 aliphatic rings. The number of amides is 2. The van der Waals surface area contributed by atoms with Crippen LogP contribution in [0.1, 0.15) is 34.7 Å². The van der Waals surface area contributed by atoms with Crippen molar-refractivity contribution < 1.29 is 14.7 Å². The third-order valence-corrected chi connectivity index (χ3v) is 5.12. The van der Waals surface area contributed by atoms with E-state index < -0.39 is 12.0 Å². The van der Waals surface area contributed by atoms with E-state index in [0.717, 1.165) is 29.5 Å². The average molecular weight is 364 g/mol. The predicted octanol–water partition coefficient (Wildman–Crippen LogP) is 2.98. The molecule has 2 amide bonds. The third kappa shape index (κ3) is 3.23. The van der Waals surface area contributed by atoms with E-state index in [-0.39, 0.29) is 5.92 Å². The van der Waals surface area contributed by atoms with Gasteiger partial charge in [-0.05, 0) is 36.6 Å². The lowest BCUT2D eigenvalue weighted by Crippen LogP contribution is -2.38. The van der Waals surface area contributed by atoms with Gasteiger partial charge in [-0.2, -0.15) is 5.10 Å². The molecule has 3 aromatic rings. The molecule has 1 fully saturated rings. The number of nitrogens with two attached hydrogens (primary N) is 1. The van der Waals surface area contributed by atoms with E-state index in [1.165, 1.54) is 4.90 Å². The van der Waals surface area contributed by atoms with E-state index in [4.69, 9.17) is 5.73 Å². The highest BCUT2D eigenvalue weighted by atomic mass is 16.4. The number of nitrogens with zero attached hydrogens (tertiary/aromatic N) is 3. The molecule has 0 spiro atoms. The molecule has 0 radical (unpaired) electrons. The number of benzene rings is 2. The van der Waals surface area contributed by atoms with Gasteiger partial charge in [0.15, 0.2) is 0 Å². The minimum Gasteiger partial charge on any atom is -0.465 e. The van der Waals surface area contributed by atoms with Crippen LogP contribution in [0.2, 0.25) is 0 Å². The molecule has 3 N–H and O–H groups in total. The first-order valence-corrected chi connectivity index (χ1v) is 8.89. The van der Waals surface area contributed by atoms with Gasteiger partial charge in [-0.25, -0.2) is 9.48 Å². The zero-order valence-corrected chi connectivity index (χ0v) is 14.7. The highest BCUT2D eigenvalue weighted by Gasteiger charge is 2.24. The monoisotopic (exact) mass is 364 g/mol. The molecule has 1 aliphatic heterocycles. The molecule has 7 nitrogen and oxygen atoms in total. The summed E-state index contributed by atoms with van der Waals surface area (Å²) in [5, 5.41) is 14.6. The van der Waals surface area contributed by atoms with E-state index in [1.54, 1.807) is 16.8 Å². The summed E-state index contributed by atoms with van der Waals surface area (Å²) in [5.41, 5.74) is 8.41. The number of hydrogen-bond donors (Lipinski definition) is 2. The quantitative estimate of drug-likeness (QED) is 0.746. The Bertz CT molecular complexity index is 1010. The minimum atomic E-state index is -0.857. The predicted molar refractivity (Wildman–Crippen MR) is 101 cm³/mol. The Morgan fingerprint density at radius 3 is 2.63 bits per heavy atom. The number of aromatic nitrogens is 2. The Kier molecular flexibility index (Phi) is 4.27. The summed E-state index contributed by atoms with van der Waals surface area (Å²) in [5.74, 6) is -0.288. The van der Waals surface area contributed by atoms with Crippen LogP contribution in [0.5, 0.6) is 0 Å². The Balaban J connectivity index is 1.61. The fourth-order valence-corrected chi connectivity index (χ4v) is 3.70. The van der Waals surface area contributed by atoms with Gasteiger partial charge in [0, 0.05) is 30.6 Å². The van der Waals surface area contributed by atoms with Crippen molar-refractivity contribution in [3.63, 3.8) is 0 Å². The summed E-state index contributed by atoms with van der Waals surface area (Å²) in [7, 11) is 0. The lowest BCUT2D eigenvalue weighted by Gasteiger charge is -2.31. The summed E-state index contributed by atoms with van der Waals surface area (Å²) in [4.78, 5) is 24.3. The van der Waals surface area contributed by atoms with Gasteiger partial charge in [0.2, 0.25) is 0 Å². The summed E-state index contributed by atoms with van der Waals surface area (Å²) in [6.07, 6.45) is 2.87.